The fraction of sp³-hybridized carbons (Fsp3) is 0.409. The molecule has 0 bridgehead atoms. The Morgan fingerprint density at radius 3 is 2.67 bits per heavy atom. The van der Waals surface area contributed by atoms with Crippen molar-refractivity contribution in [3.8, 4) is 5.75 Å². The number of methoxy groups -OCH3 is 1. The summed E-state index contributed by atoms with van der Waals surface area (Å²) in [5.74, 6) is 0.252. The number of para-hydroxylation sites is 1. The molecule has 3 rings (SSSR count). The average Bonchev–Trinajstić information content (AvgIpc) is 3.14. The number of rotatable bonds is 7. The molecule has 8 heteroatoms. The average molecular weight is 430 g/mol. The number of aliphatic imine (C=N–C) groups is 1. The summed E-state index contributed by atoms with van der Waals surface area (Å²) in [6.07, 6.45) is 0.219. The van der Waals surface area contributed by atoms with Gasteiger partial charge in [-0.1, -0.05) is 30.0 Å². The first-order valence-corrected chi connectivity index (χ1v) is 10.8. The van der Waals surface area contributed by atoms with Crippen LogP contribution in [0.15, 0.2) is 51.6 Å². The van der Waals surface area contributed by atoms with Gasteiger partial charge < -0.3 is 19.3 Å². The lowest BCUT2D eigenvalue weighted by molar-refractivity contribution is -0.139. The van der Waals surface area contributed by atoms with E-state index in [9.17, 15) is 9.59 Å². The maximum absolute atomic E-state index is 12.9. The lowest BCUT2D eigenvalue weighted by Crippen LogP contribution is -2.38. The van der Waals surface area contributed by atoms with Gasteiger partial charge in [-0.15, -0.1) is 0 Å². The number of nitrogens with zero attached hydrogens (tertiary/aromatic N) is 3. The highest BCUT2D eigenvalue weighted by molar-refractivity contribution is 8.16. The van der Waals surface area contributed by atoms with Gasteiger partial charge in [-0.2, -0.15) is 0 Å². The first kappa shape index (κ1) is 22.0. The Kier molecular flexibility index (Phi) is 6.87. The summed E-state index contributed by atoms with van der Waals surface area (Å²) in [6.45, 7) is 6.42. The highest BCUT2D eigenvalue weighted by atomic mass is 32.2. The van der Waals surface area contributed by atoms with Crippen LogP contribution in [0, 0.1) is 0 Å². The SMILES string of the molecule is CCOC(=O)C1=C(C)N=C2SC=C(CC(=O)N(C)CC)N2C1c1ccccc1OC. The molecule has 160 valence electrons. The number of hydrogen-bond acceptors (Lipinski definition) is 7. The van der Waals surface area contributed by atoms with Crippen molar-refractivity contribution >= 4 is 28.8 Å². The van der Waals surface area contributed by atoms with Crippen molar-refractivity contribution in [3.63, 3.8) is 0 Å². The molecule has 0 aliphatic carbocycles. The molecule has 0 N–H and O–H groups in total. The van der Waals surface area contributed by atoms with E-state index in [-0.39, 0.29) is 18.9 Å². The van der Waals surface area contributed by atoms with Gasteiger partial charge in [0.15, 0.2) is 5.17 Å². The first-order valence-electron chi connectivity index (χ1n) is 9.91. The van der Waals surface area contributed by atoms with Crippen LogP contribution in [0.2, 0.25) is 0 Å². The molecule has 7 nitrogen and oxygen atoms in total. The minimum atomic E-state index is -0.492. The van der Waals surface area contributed by atoms with Gasteiger partial charge in [0, 0.05) is 24.9 Å². The number of amidine groups is 1. The summed E-state index contributed by atoms with van der Waals surface area (Å²) in [7, 11) is 3.38. The molecular weight excluding hydrogens is 402 g/mol. The molecule has 2 aliphatic heterocycles. The molecule has 1 aromatic rings. The van der Waals surface area contributed by atoms with Crippen molar-refractivity contribution in [1.29, 1.82) is 0 Å². The number of carbonyl (C=O) groups is 2. The third kappa shape index (κ3) is 4.09. The van der Waals surface area contributed by atoms with E-state index in [1.54, 1.807) is 26.0 Å². The number of ether oxygens (including phenoxy) is 2. The van der Waals surface area contributed by atoms with Crippen molar-refractivity contribution in [2.75, 3.05) is 27.3 Å². The van der Waals surface area contributed by atoms with Gasteiger partial charge >= 0.3 is 5.97 Å². The number of fused-ring (bicyclic) bond motifs is 1. The Hall–Kier alpha value is -2.74. The molecule has 1 atom stereocenters. The molecule has 1 aromatic carbocycles. The van der Waals surface area contributed by atoms with Crippen LogP contribution in [0.4, 0.5) is 0 Å². The van der Waals surface area contributed by atoms with Gasteiger partial charge in [0.25, 0.3) is 0 Å². The first-order chi connectivity index (χ1) is 14.4. The summed E-state index contributed by atoms with van der Waals surface area (Å²) in [5.41, 5.74) is 2.68. The Labute approximate surface area is 181 Å². The van der Waals surface area contributed by atoms with Crippen LogP contribution < -0.4 is 4.74 Å². The van der Waals surface area contributed by atoms with Crippen LogP contribution >= 0.6 is 11.8 Å². The number of hydrogen-bond donors (Lipinski definition) is 0. The van der Waals surface area contributed by atoms with Gasteiger partial charge in [0.05, 0.1) is 37.4 Å². The Balaban J connectivity index is 2.10. The lowest BCUT2D eigenvalue weighted by Gasteiger charge is -2.37. The van der Waals surface area contributed by atoms with E-state index >= 15 is 0 Å². The van der Waals surface area contributed by atoms with Crippen molar-refractivity contribution in [3.05, 3.63) is 52.2 Å². The van der Waals surface area contributed by atoms with E-state index in [1.807, 2.05) is 48.4 Å². The van der Waals surface area contributed by atoms with E-state index in [4.69, 9.17) is 9.47 Å². The second kappa shape index (κ2) is 9.38. The molecule has 2 aliphatic rings. The summed E-state index contributed by atoms with van der Waals surface area (Å²) < 4.78 is 11.0. The second-order valence-corrected chi connectivity index (χ2v) is 7.78. The van der Waals surface area contributed by atoms with Gasteiger partial charge in [0.1, 0.15) is 5.75 Å². The normalized spacial score (nSPS) is 17.9. The minimum Gasteiger partial charge on any atom is -0.496 e. The minimum absolute atomic E-state index is 0.00772. The zero-order valence-electron chi connectivity index (χ0n) is 18.0. The Bertz CT molecular complexity index is 938. The van der Waals surface area contributed by atoms with Crippen LogP contribution in [-0.2, 0) is 14.3 Å². The molecule has 0 saturated heterocycles. The van der Waals surface area contributed by atoms with Crippen LogP contribution in [0.5, 0.6) is 5.75 Å². The summed E-state index contributed by atoms with van der Waals surface area (Å²) in [4.78, 5) is 33.9. The molecule has 0 fully saturated rings. The third-order valence-electron chi connectivity index (χ3n) is 5.16. The molecule has 1 amide bonds. The molecule has 0 saturated carbocycles. The Morgan fingerprint density at radius 2 is 2.00 bits per heavy atom. The van der Waals surface area contributed by atoms with Gasteiger partial charge in [-0.25, -0.2) is 9.79 Å². The quantitative estimate of drug-likeness (QED) is 0.616. The van der Waals surface area contributed by atoms with Gasteiger partial charge in [-0.3, -0.25) is 4.79 Å². The van der Waals surface area contributed by atoms with E-state index in [0.29, 0.717) is 23.6 Å². The predicted molar refractivity (Wildman–Crippen MR) is 118 cm³/mol. The third-order valence-corrected chi connectivity index (χ3v) is 6.05. The van der Waals surface area contributed by atoms with Crippen LogP contribution in [0.3, 0.4) is 0 Å². The topological polar surface area (TPSA) is 71.4 Å². The van der Waals surface area contributed by atoms with Crippen molar-refractivity contribution in [1.82, 2.24) is 9.80 Å². The molecule has 30 heavy (non-hydrogen) atoms. The standard InChI is InChI=1S/C22H27N3O4S/c1-6-24(4)18(26)12-15-13-30-22-23-14(3)19(21(27)29-7-2)20(25(15)22)16-10-8-9-11-17(16)28-5/h8-11,13,20H,6-7,12H2,1-5H3. The predicted octanol–water partition coefficient (Wildman–Crippen LogP) is 3.70. The maximum Gasteiger partial charge on any atom is 0.338 e. The largest absolute Gasteiger partial charge is 0.496 e. The fourth-order valence-electron chi connectivity index (χ4n) is 3.49. The number of allylic oxidation sites excluding steroid dienone is 1. The van der Waals surface area contributed by atoms with E-state index in [0.717, 1.165) is 16.4 Å². The Morgan fingerprint density at radius 1 is 1.27 bits per heavy atom. The summed E-state index contributed by atoms with van der Waals surface area (Å²) in [5, 5.41) is 2.67. The summed E-state index contributed by atoms with van der Waals surface area (Å²) in [6, 6.07) is 7.09. The second-order valence-electron chi connectivity index (χ2n) is 6.94. The molecule has 2 heterocycles. The fourth-order valence-corrected chi connectivity index (χ4v) is 4.46. The number of thioether (sulfide) groups is 1. The van der Waals surface area contributed by atoms with E-state index in [2.05, 4.69) is 4.99 Å². The zero-order chi connectivity index (χ0) is 21.8. The number of amides is 1. The molecule has 0 spiro atoms. The highest BCUT2D eigenvalue weighted by Crippen LogP contribution is 2.46. The van der Waals surface area contributed by atoms with Crippen molar-refractivity contribution < 1.29 is 19.1 Å². The van der Waals surface area contributed by atoms with Crippen LogP contribution in [-0.4, -0.2) is 54.2 Å². The smallest absolute Gasteiger partial charge is 0.338 e. The maximum atomic E-state index is 12.9. The number of esters is 1. The van der Waals surface area contributed by atoms with Crippen LogP contribution in [0.1, 0.15) is 38.8 Å². The molecule has 0 aromatic heterocycles. The van der Waals surface area contributed by atoms with Crippen molar-refractivity contribution in [2.24, 2.45) is 4.99 Å². The van der Waals surface area contributed by atoms with Crippen molar-refractivity contribution in [2.45, 2.75) is 33.2 Å². The molecular formula is C22H27N3O4S. The summed E-state index contributed by atoms with van der Waals surface area (Å²) >= 11 is 1.45. The van der Waals surface area contributed by atoms with Crippen LogP contribution in [0.25, 0.3) is 0 Å². The molecule has 1 unspecified atom stereocenters. The monoisotopic (exact) mass is 429 g/mol. The number of carbonyl (C=O) groups excluding carboxylic acids is 2. The lowest BCUT2D eigenvalue weighted by atomic mass is 9.93. The highest BCUT2D eigenvalue weighted by Gasteiger charge is 2.42. The van der Waals surface area contributed by atoms with E-state index in [1.165, 1.54) is 11.8 Å². The zero-order valence-corrected chi connectivity index (χ0v) is 18.8. The van der Waals surface area contributed by atoms with Gasteiger partial charge in [-0.05, 0) is 32.2 Å². The van der Waals surface area contributed by atoms with Gasteiger partial charge in [0.2, 0.25) is 5.91 Å². The molecule has 0 radical (unpaired) electrons. The van der Waals surface area contributed by atoms with E-state index < -0.39 is 12.0 Å². The number of benzene rings is 1.